The van der Waals surface area contributed by atoms with Crippen LogP contribution in [-0.2, 0) is 11.2 Å². The molecule has 0 atom stereocenters. The molecular weight excluding hydrogens is 266 g/mol. The van der Waals surface area contributed by atoms with E-state index in [-0.39, 0.29) is 11.8 Å². The molecule has 0 spiro atoms. The minimum absolute atomic E-state index is 0.0146. The van der Waals surface area contributed by atoms with Crippen LogP contribution in [0.4, 0.5) is 0 Å². The number of carbonyl (C=O) groups is 1. The highest BCUT2D eigenvalue weighted by atomic mass is 16.1. The van der Waals surface area contributed by atoms with Crippen LogP contribution in [-0.4, -0.2) is 43.5 Å². The van der Waals surface area contributed by atoms with Crippen molar-refractivity contribution in [1.29, 1.82) is 0 Å². The molecule has 0 aromatic carbocycles. The number of carbonyl (C=O) groups excluding carboxylic acids is 1. The molecule has 0 radical (unpaired) electrons. The SMILES string of the molecule is CN=C(NCCNC(=O)C(C)C)NCCc1ccccn1. The lowest BCUT2D eigenvalue weighted by Gasteiger charge is -2.12. The van der Waals surface area contributed by atoms with E-state index in [4.69, 9.17) is 0 Å². The summed E-state index contributed by atoms with van der Waals surface area (Å²) in [6, 6.07) is 5.88. The second-order valence-corrected chi connectivity index (χ2v) is 4.94. The van der Waals surface area contributed by atoms with Crippen LogP contribution in [0, 0.1) is 5.92 Å². The summed E-state index contributed by atoms with van der Waals surface area (Å²) in [5.74, 6) is 0.806. The maximum atomic E-state index is 11.4. The van der Waals surface area contributed by atoms with E-state index in [1.54, 1.807) is 13.2 Å². The number of nitrogens with one attached hydrogen (secondary N) is 3. The maximum absolute atomic E-state index is 11.4. The number of amides is 1. The fourth-order valence-corrected chi connectivity index (χ4v) is 1.65. The Morgan fingerprint density at radius 2 is 1.90 bits per heavy atom. The third-order valence-electron chi connectivity index (χ3n) is 2.86. The third-order valence-corrected chi connectivity index (χ3v) is 2.86. The first-order valence-corrected chi connectivity index (χ1v) is 7.25. The number of nitrogens with zero attached hydrogens (tertiary/aromatic N) is 2. The van der Waals surface area contributed by atoms with E-state index < -0.39 is 0 Å². The summed E-state index contributed by atoms with van der Waals surface area (Å²) >= 11 is 0. The van der Waals surface area contributed by atoms with Crippen molar-refractivity contribution in [3.8, 4) is 0 Å². The third kappa shape index (κ3) is 7.29. The highest BCUT2D eigenvalue weighted by Crippen LogP contribution is 1.93. The Kier molecular flexibility index (Phi) is 7.86. The highest BCUT2D eigenvalue weighted by Gasteiger charge is 2.05. The van der Waals surface area contributed by atoms with Gasteiger partial charge in [-0.1, -0.05) is 19.9 Å². The molecule has 1 amide bonds. The van der Waals surface area contributed by atoms with Gasteiger partial charge in [0, 0.05) is 50.9 Å². The molecule has 1 heterocycles. The molecule has 6 heteroatoms. The van der Waals surface area contributed by atoms with Crippen molar-refractivity contribution < 1.29 is 4.79 Å². The Bertz CT molecular complexity index is 445. The van der Waals surface area contributed by atoms with E-state index in [2.05, 4.69) is 25.9 Å². The van der Waals surface area contributed by atoms with E-state index >= 15 is 0 Å². The molecule has 0 aliphatic carbocycles. The Morgan fingerprint density at radius 3 is 2.52 bits per heavy atom. The molecule has 0 fully saturated rings. The number of aromatic nitrogens is 1. The average Bonchev–Trinajstić information content (AvgIpc) is 2.50. The minimum atomic E-state index is 0.0146. The summed E-state index contributed by atoms with van der Waals surface area (Å²) in [6.45, 7) is 5.73. The van der Waals surface area contributed by atoms with Crippen molar-refractivity contribution in [2.24, 2.45) is 10.9 Å². The van der Waals surface area contributed by atoms with Gasteiger partial charge in [-0.15, -0.1) is 0 Å². The summed E-state index contributed by atoms with van der Waals surface area (Å²) in [5.41, 5.74) is 1.05. The Morgan fingerprint density at radius 1 is 1.19 bits per heavy atom. The van der Waals surface area contributed by atoms with Crippen LogP contribution < -0.4 is 16.0 Å². The van der Waals surface area contributed by atoms with Crippen molar-refractivity contribution >= 4 is 11.9 Å². The van der Waals surface area contributed by atoms with E-state index in [0.29, 0.717) is 13.1 Å². The van der Waals surface area contributed by atoms with Crippen LogP contribution >= 0.6 is 0 Å². The topological polar surface area (TPSA) is 78.4 Å². The predicted octanol–water partition coefficient (Wildman–Crippen LogP) is 0.561. The van der Waals surface area contributed by atoms with Gasteiger partial charge >= 0.3 is 0 Å². The second kappa shape index (κ2) is 9.74. The van der Waals surface area contributed by atoms with E-state index in [9.17, 15) is 4.79 Å². The summed E-state index contributed by atoms with van der Waals surface area (Å²) in [5, 5.41) is 9.22. The van der Waals surface area contributed by atoms with Crippen LogP contribution in [0.1, 0.15) is 19.5 Å². The lowest BCUT2D eigenvalue weighted by Crippen LogP contribution is -2.42. The van der Waals surface area contributed by atoms with Gasteiger partial charge in [0.15, 0.2) is 5.96 Å². The van der Waals surface area contributed by atoms with Crippen LogP contribution in [0.25, 0.3) is 0 Å². The summed E-state index contributed by atoms with van der Waals surface area (Å²) in [4.78, 5) is 19.8. The summed E-state index contributed by atoms with van der Waals surface area (Å²) in [6.07, 6.45) is 2.63. The van der Waals surface area contributed by atoms with E-state index in [1.165, 1.54) is 0 Å². The monoisotopic (exact) mass is 291 g/mol. The lowest BCUT2D eigenvalue weighted by atomic mass is 10.2. The largest absolute Gasteiger partial charge is 0.356 e. The van der Waals surface area contributed by atoms with E-state index in [0.717, 1.165) is 24.6 Å². The molecule has 0 aliphatic heterocycles. The van der Waals surface area contributed by atoms with E-state index in [1.807, 2.05) is 32.0 Å². The molecule has 116 valence electrons. The van der Waals surface area contributed by atoms with Crippen LogP contribution in [0.5, 0.6) is 0 Å². The zero-order valence-corrected chi connectivity index (χ0v) is 13.0. The summed E-state index contributed by atoms with van der Waals surface area (Å²) in [7, 11) is 1.72. The fourth-order valence-electron chi connectivity index (χ4n) is 1.65. The number of hydrogen-bond donors (Lipinski definition) is 3. The number of rotatable bonds is 7. The van der Waals surface area contributed by atoms with Gasteiger partial charge in [0.25, 0.3) is 0 Å². The molecule has 1 rings (SSSR count). The first kappa shape index (κ1) is 16.9. The average molecular weight is 291 g/mol. The molecule has 3 N–H and O–H groups in total. The number of guanidine groups is 1. The standard InChI is InChI=1S/C15H25N5O/c1-12(2)14(21)18-10-11-20-15(16-3)19-9-7-13-6-4-5-8-17-13/h4-6,8,12H,7,9-11H2,1-3H3,(H,18,21)(H2,16,19,20). The lowest BCUT2D eigenvalue weighted by molar-refractivity contribution is -0.123. The molecular formula is C15H25N5O. The molecule has 0 aliphatic rings. The Balaban J connectivity index is 2.16. The molecule has 0 saturated carbocycles. The van der Waals surface area contributed by atoms with Gasteiger partial charge in [-0.25, -0.2) is 0 Å². The number of hydrogen-bond acceptors (Lipinski definition) is 3. The zero-order chi connectivity index (χ0) is 15.5. The quantitative estimate of drug-likeness (QED) is 0.390. The maximum Gasteiger partial charge on any atom is 0.222 e. The smallest absolute Gasteiger partial charge is 0.222 e. The van der Waals surface area contributed by atoms with Crippen molar-refractivity contribution in [3.05, 3.63) is 30.1 Å². The molecule has 21 heavy (non-hydrogen) atoms. The number of aliphatic imine (C=N–C) groups is 1. The Hall–Kier alpha value is -2.11. The van der Waals surface area contributed by atoms with Gasteiger partial charge in [0.1, 0.15) is 0 Å². The fraction of sp³-hybridized carbons (Fsp3) is 0.533. The van der Waals surface area contributed by atoms with Gasteiger partial charge < -0.3 is 16.0 Å². The predicted molar refractivity (Wildman–Crippen MR) is 85.2 cm³/mol. The Labute approximate surface area is 126 Å². The molecule has 1 aromatic heterocycles. The van der Waals surface area contributed by atoms with Gasteiger partial charge in [0.05, 0.1) is 0 Å². The van der Waals surface area contributed by atoms with Gasteiger partial charge in [-0.05, 0) is 12.1 Å². The van der Waals surface area contributed by atoms with Crippen LogP contribution in [0.3, 0.4) is 0 Å². The molecule has 0 unspecified atom stereocenters. The van der Waals surface area contributed by atoms with Crippen molar-refractivity contribution in [2.75, 3.05) is 26.7 Å². The molecule has 6 nitrogen and oxygen atoms in total. The van der Waals surface area contributed by atoms with Crippen LogP contribution in [0.15, 0.2) is 29.4 Å². The zero-order valence-electron chi connectivity index (χ0n) is 13.0. The van der Waals surface area contributed by atoms with Gasteiger partial charge in [0.2, 0.25) is 5.91 Å². The van der Waals surface area contributed by atoms with Crippen molar-refractivity contribution in [3.63, 3.8) is 0 Å². The highest BCUT2D eigenvalue weighted by molar-refractivity contribution is 5.80. The van der Waals surface area contributed by atoms with Crippen LogP contribution in [0.2, 0.25) is 0 Å². The van der Waals surface area contributed by atoms with Crippen molar-refractivity contribution in [1.82, 2.24) is 20.9 Å². The van der Waals surface area contributed by atoms with Gasteiger partial charge in [-0.2, -0.15) is 0 Å². The first-order chi connectivity index (χ1) is 10.1. The first-order valence-electron chi connectivity index (χ1n) is 7.25. The normalized spacial score (nSPS) is 11.3. The van der Waals surface area contributed by atoms with Gasteiger partial charge in [-0.3, -0.25) is 14.8 Å². The molecule has 1 aromatic rings. The minimum Gasteiger partial charge on any atom is -0.356 e. The second-order valence-electron chi connectivity index (χ2n) is 4.94. The van der Waals surface area contributed by atoms with Crippen molar-refractivity contribution in [2.45, 2.75) is 20.3 Å². The molecule has 0 saturated heterocycles. The number of pyridine rings is 1. The molecule has 0 bridgehead atoms. The summed E-state index contributed by atoms with van der Waals surface area (Å²) < 4.78 is 0.